The topological polar surface area (TPSA) is 66.0 Å². The van der Waals surface area contributed by atoms with Gasteiger partial charge in [0, 0.05) is 6.54 Å². The molecule has 0 fully saturated rings. The molecule has 0 aromatic heterocycles. The summed E-state index contributed by atoms with van der Waals surface area (Å²) in [5.74, 6) is 2.45. The molecule has 0 aliphatic rings. The molecule has 2 aromatic rings. The SMILES string of the molecule is COc1cc(CNC(=O)COc2ccccc2C(C)C)cc(OC)c1OC. The van der Waals surface area contributed by atoms with Crippen LogP contribution in [0.3, 0.4) is 0 Å². The molecule has 0 aliphatic carbocycles. The maximum atomic E-state index is 12.2. The summed E-state index contributed by atoms with van der Waals surface area (Å²) in [5.41, 5.74) is 1.91. The van der Waals surface area contributed by atoms with Crippen LogP contribution in [-0.4, -0.2) is 33.8 Å². The molecular weight excluding hydrogens is 346 g/mol. The zero-order valence-electron chi connectivity index (χ0n) is 16.5. The fourth-order valence-corrected chi connectivity index (χ4v) is 2.72. The van der Waals surface area contributed by atoms with E-state index in [0.717, 1.165) is 16.9 Å². The minimum absolute atomic E-state index is 0.0475. The average Bonchev–Trinajstić information content (AvgIpc) is 2.69. The second-order valence-electron chi connectivity index (χ2n) is 6.29. The minimum Gasteiger partial charge on any atom is -0.493 e. The predicted octanol–water partition coefficient (Wildman–Crippen LogP) is 3.53. The van der Waals surface area contributed by atoms with Crippen LogP contribution in [0, 0.1) is 0 Å². The zero-order valence-corrected chi connectivity index (χ0v) is 16.5. The summed E-state index contributed by atoms with van der Waals surface area (Å²) in [6, 6.07) is 11.4. The first kappa shape index (κ1) is 20.4. The second kappa shape index (κ2) is 9.71. The molecule has 6 heteroatoms. The van der Waals surface area contributed by atoms with Crippen LogP contribution in [0.1, 0.15) is 30.9 Å². The molecule has 27 heavy (non-hydrogen) atoms. The first-order valence-electron chi connectivity index (χ1n) is 8.77. The largest absolute Gasteiger partial charge is 0.493 e. The fourth-order valence-electron chi connectivity index (χ4n) is 2.72. The highest BCUT2D eigenvalue weighted by Gasteiger charge is 2.14. The summed E-state index contributed by atoms with van der Waals surface area (Å²) in [4.78, 5) is 12.2. The van der Waals surface area contributed by atoms with Gasteiger partial charge in [-0.05, 0) is 35.2 Å². The molecule has 0 bridgehead atoms. The second-order valence-corrected chi connectivity index (χ2v) is 6.29. The first-order valence-corrected chi connectivity index (χ1v) is 8.77. The van der Waals surface area contributed by atoms with E-state index >= 15 is 0 Å². The van der Waals surface area contributed by atoms with E-state index in [-0.39, 0.29) is 12.5 Å². The number of hydrogen-bond acceptors (Lipinski definition) is 5. The number of benzene rings is 2. The number of ether oxygens (including phenoxy) is 4. The van der Waals surface area contributed by atoms with Crippen LogP contribution in [0.15, 0.2) is 36.4 Å². The van der Waals surface area contributed by atoms with Crippen LogP contribution in [0.2, 0.25) is 0 Å². The Morgan fingerprint density at radius 1 is 0.963 bits per heavy atom. The van der Waals surface area contributed by atoms with Gasteiger partial charge in [-0.1, -0.05) is 32.0 Å². The lowest BCUT2D eigenvalue weighted by atomic mass is 10.0. The van der Waals surface area contributed by atoms with Crippen LogP contribution in [0.4, 0.5) is 0 Å². The Bertz CT molecular complexity index is 748. The van der Waals surface area contributed by atoms with Gasteiger partial charge in [0.2, 0.25) is 5.75 Å². The summed E-state index contributed by atoms with van der Waals surface area (Å²) in [6.07, 6.45) is 0. The number of carbonyl (C=O) groups is 1. The van der Waals surface area contributed by atoms with Crippen LogP contribution in [0.5, 0.6) is 23.0 Å². The monoisotopic (exact) mass is 373 g/mol. The molecule has 0 radical (unpaired) electrons. The van der Waals surface area contributed by atoms with E-state index in [1.807, 2.05) is 24.3 Å². The maximum Gasteiger partial charge on any atom is 0.258 e. The van der Waals surface area contributed by atoms with Gasteiger partial charge in [0.05, 0.1) is 21.3 Å². The number of nitrogens with one attached hydrogen (secondary N) is 1. The van der Waals surface area contributed by atoms with Crippen LogP contribution in [0.25, 0.3) is 0 Å². The van der Waals surface area contributed by atoms with Gasteiger partial charge < -0.3 is 24.3 Å². The van der Waals surface area contributed by atoms with Crippen molar-refractivity contribution in [1.82, 2.24) is 5.32 Å². The summed E-state index contributed by atoms with van der Waals surface area (Å²) in [7, 11) is 4.66. The van der Waals surface area contributed by atoms with Gasteiger partial charge in [-0.2, -0.15) is 0 Å². The molecule has 146 valence electrons. The van der Waals surface area contributed by atoms with Crippen molar-refractivity contribution in [3.8, 4) is 23.0 Å². The van der Waals surface area contributed by atoms with E-state index in [9.17, 15) is 4.79 Å². The third-order valence-corrected chi connectivity index (χ3v) is 4.11. The van der Waals surface area contributed by atoms with Crippen molar-refractivity contribution in [3.05, 3.63) is 47.5 Å². The molecule has 2 aromatic carbocycles. The summed E-state index contributed by atoms with van der Waals surface area (Å²) in [6.45, 7) is 4.46. The standard InChI is InChI=1S/C21H27NO5/c1-14(2)16-8-6-7-9-17(16)27-13-20(23)22-12-15-10-18(24-3)21(26-5)19(11-15)25-4/h6-11,14H,12-13H2,1-5H3,(H,22,23). The highest BCUT2D eigenvalue weighted by atomic mass is 16.5. The molecule has 6 nitrogen and oxygen atoms in total. The number of para-hydroxylation sites is 1. The Morgan fingerprint density at radius 3 is 2.15 bits per heavy atom. The molecule has 0 aliphatic heterocycles. The smallest absolute Gasteiger partial charge is 0.258 e. The molecule has 0 heterocycles. The van der Waals surface area contributed by atoms with E-state index in [1.165, 1.54) is 0 Å². The lowest BCUT2D eigenvalue weighted by Gasteiger charge is -2.15. The molecule has 2 rings (SSSR count). The number of hydrogen-bond donors (Lipinski definition) is 1. The quantitative estimate of drug-likeness (QED) is 0.728. The van der Waals surface area contributed by atoms with Gasteiger partial charge in [-0.25, -0.2) is 0 Å². The Hall–Kier alpha value is -2.89. The Balaban J connectivity index is 1.98. The van der Waals surface area contributed by atoms with Crippen molar-refractivity contribution in [2.45, 2.75) is 26.3 Å². The molecular formula is C21H27NO5. The zero-order chi connectivity index (χ0) is 19.8. The van der Waals surface area contributed by atoms with Crippen molar-refractivity contribution in [2.75, 3.05) is 27.9 Å². The van der Waals surface area contributed by atoms with Crippen molar-refractivity contribution in [2.24, 2.45) is 0 Å². The Kier molecular flexibility index (Phi) is 7.34. The lowest BCUT2D eigenvalue weighted by Crippen LogP contribution is -2.28. The van der Waals surface area contributed by atoms with Crippen LogP contribution in [-0.2, 0) is 11.3 Å². The Morgan fingerprint density at radius 2 is 1.59 bits per heavy atom. The minimum atomic E-state index is -0.206. The summed E-state index contributed by atoms with van der Waals surface area (Å²) >= 11 is 0. The van der Waals surface area contributed by atoms with Gasteiger partial charge in [0.25, 0.3) is 5.91 Å². The van der Waals surface area contributed by atoms with Crippen molar-refractivity contribution in [1.29, 1.82) is 0 Å². The number of rotatable bonds is 9. The molecule has 0 saturated carbocycles. The van der Waals surface area contributed by atoms with Gasteiger partial charge in [-0.15, -0.1) is 0 Å². The maximum absolute atomic E-state index is 12.2. The van der Waals surface area contributed by atoms with Crippen LogP contribution >= 0.6 is 0 Å². The fraction of sp³-hybridized carbons (Fsp3) is 0.381. The van der Waals surface area contributed by atoms with E-state index in [0.29, 0.717) is 29.7 Å². The average molecular weight is 373 g/mol. The van der Waals surface area contributed by atoms with E-state index in [4.69, 9.17) is 18.9 Å². The van der Waals surface area contributed by atoms with Crippen molar-refractivity contribution >= 4 is 5.91 Å². The third kappa shape index (κ3) is 5.29. The third-order valence-electron chi connectivity index (χ3n) is 4.11. The first-order chi connectivity index (χ1) is 13.0. The van der Waals surface area contributed by atoms with Gasteiger partial charge in [0.15, 0.2) is 18.1 Å². The molecule has 0 spiro atoms. The lowest BCUT2D eigenvalue weighted by molar-refractivity contribution is -0.123. The predicted molar refractivity (Wildman–Crippen MR) is 104 cm³/mol. The molecule has 0 saturated heterocycles. The van der Waals surface area contributed by atoms with Crippen molar-refractivity contribution in [3.63, 3.8) is 0 Å². The van der Waals surface area contributed by atoms with E-state index < -0.39 is 0 Å². The van der Waals surface area contributed by atoms with Gasteiger partial charge in [-0.3, -0.25) is 4.79 Å². The number of amides is 1. The van der Waals surface area contributed by atoms with E-state index in [2.05, 4.69) is 19.2 Å². The number of carbonyl (C=O) groups excluding carboxylic acids is 1. The Labute approximate surface area is 160 Å². The summed E-state index contributed by atoms with van der Waals surface area (Å²) in [5, 5.41) is 2.84. The highest BCUT2D eigenvalue weighted by molar-refractivity contribution is 5.77. The molecule has 1 amide bonds. The van der Waals surface area contributed by atoms with Gasteiger partial charge in [0.1, 0.15) is 5.75 Å². The number of methoxy groups -OCH3 is 3. The van der Waals surface area contributed by atoms with E-state index in [1.54, 1.807) is 33.5 Å². The van der Waals surface area contributed by atoms with Crippen molar-refractivity contribution < 1.29 is 23.7 Å². The molecule has 1 N–H and O–H groups in total. The molecule has 0 atom stereocenters. The molecule has 0 unspecified atom stereocenters. The normalized spacial score (nSPS) is 10.4. The highest BCUT2D eigenvalue weighted by Crippen LogP contribution is 2.38. The summed E-state index contributed by atoms with van der Waals surface area (Å²) < 4.78 is 21.6. The van der Waals surface area contributed by atoms with Gasteiger partial charge >= 0.3 is 0 Å². The van der Waals surface area contributed by atoms with Crippen LogP contribution < -0.4 is 24.3 Å².